The van der Waals surface area contributed by atoms with Crippen LogP contribution in [0.3, 0.4) is 0 Å². The van der Waals surface area contributed by atoms with Crippen LogP contribution in [0.25, 0.3) is 0 Å². The summed E-state index contributed by atoms with van der Waals surface area (Å²) in [6, 6.07) is 0.461. The molecule has 0 saturated heterocycles. The van der Waals surface area contributed by atoms with E-state index >= 15 is 0 Å². The van der Waals surface area contributed by atoms with Gasteiger partial charge in [-0.3, -0.25) is 4.79 Å². The molecule has 1 aliphatic rings. The largest absolute Gasteiger partial charge is 0.481 e. The van der Waals surface area contributed by atoms with Crippen LogP contribution >= 0.6 is 23.1 Å². The quantitative estimate of drug-likeness (QED) is 0.716. The van der Waals surface area contributed by atoms with Crippen LogP contribution in [0.4, 0.5) is 5.13 Å². The van der Waals surface area contributed by atoms with E-state index in [4.69, 9.17) is 5.11 Å². The van der Waals surface area contributed by atoms with Crippen LogP contribution in [0, 0.1) is 5.92 Å². The predicted octanol–water partition coefficient (Wildman–Crippen LogP) is 2.71. The first-order chi connectivity index (χ1) is 8.67. The van der Waals surface area contributed by atoms with Gasteiger partial charge in [0.25, 0.3) is 0 Å². The van der Waals surface area contributed by atoms with Crippen molar-refractivity contribution in [3.63, 3.8) is 0 Å². The number of carbonyl (C=O) groups is 1. The van der Waals surface area contributed by atoms with Crippen LogP contribution < -0.4 is 5.32 Å². The maximum absolute atomic E-state index is 10.5. The first kappa shape index (κ1) is 13.6. The van der Waals surface area contributed by atoms with E-state index in [0.717, 1.165) is 17.5 Å². The van der Waals surface area contributed by atoms with Crippen LogP contribution in [-0.2, 0) is 4.79 Å². The third-order valence-corrected chi connectivity index (χ3v) is 4.83. The Hall–Kier alpha value is -0.820. The fourth-order valence-electron chi connectivity index (χ4n) is 1.71. The molecule has 2 rings (SSSR count). The molecule has 100 valence electrons. The average molecular weight is 287 g/mol. The van der Waals surface area contributed by atoms with Crippen LogP contribution in [0.5, 0.6) is 0 Å². The Bertz CT molecular complexity index is 407. The van der Waals surface area contributed by atoms with Gasteiger partial charge in [-0.25, -0.2) is 0 Å². The van der Waals surface area contributed by atoms with Crippen molar-refractivity contribution in [2.24, 2.45) is 5.92 Å². The van der Waals surface area contributed by atoms with Gasteiger partial charge in [-0.15, -0.1) is 10.2 Å². The molecule has 0 aromatic carbocycles. The normalized spacial score (nSPS) is 16.5. The van der Waals surface area contributed by atoms with Gasteiger partial charge in [0.15, 0.2) is 4.34 Å². The highest BCUT2D eigenvalue weighted by Gasteiger charge is 2.25. The second-order valence-electron chi connectivity index (χ2n) is 4.48. The van der Waals surface area contributed by atoms with Gasteiger partial charge in [-0.1, -0.05) is 42.9 Å². The zero-order chi connectivity index (χ0) is 13.0. The lowest BCUT2D eigenvalue weighted by molar-refractivity contribution is -0.133. The lowest BCUT2D eigenvalue weighted by atomic mass is 10.1. The molecule has 0 aliphatic heterocycles. The van der Waals surface area contributed by atoms with E-state index in [9.17, 15) is 4.79 Å². The van der Waals surface area contributed by atoms with Crippen LogP contribution in [0.1, 0.15) is 32.6 Å². The number of nitrogens with zero attached hydrogens (tertiary/aromatic N) is 2. The molecule has 0 spiro atoms. The molecule has 0 bridgehead atoms. The highest BCUT2D eigenvalue weighted by atomic mass is 32.2. The number of nitrogens with one attached hydrogen (secondary N) is 1. The lowest BCUT2D eigenvalue weighted by Crippen LogP contribution is -2.18. The molecule has 0 radical (unpaired) electrons. The molecular formula is C11H17N3O2S2. The summed E-state index contributed by atoms with van der Waals surface area (Å²) in [4.78, 5) is 10.5. The van der Waals surface area contributed by atoms with Gasteiger partial charge in [0.1, 0.15) is 0 Å². The number of thioether (sulfide) groups is 1. The summed E-state index contributed by atoms with van der Waals surface area (Å²) in [6.07, 6.45) is 4.99. The maximum Gasteiger partial charge on any atom is 0.313 e. The van der Waals surface area contributed by atoms with Crippen LogP contribution in [0.15, 0.2) is 4.34 Å². The molecule has 1 heterocycles. The van der Waals surface area contributed by atoms with Crippen molar-refractivity contribution in [2.45, 2.75) is 43.0 Å². The van der Waals surface area contributed by atoms with Crippen LogP contribution in [-0.4, -0.2) is 33.1 Å². The van der Waals surface area contributed by atoms with E-state index in [0.29, 0.717) is 10.4 Å². The molecule has 1 atom stereocenters. The molecule has 7 heteroatoms. The topological polar surface area (TPSA) is 75.1 Å². The standard InChI is InChI=1S/C11H17N3O2S2/c1-2-8(5-7-3-4-7)12-10-13-14-11(18-10)17-6-9(15)16/h7-8H,2-6H2,1H3,(H,12,13)(H,15,16). The summed E-state index contributed by atoms with van der Waals surface area (Å²) in [5.41, 5.74) is 0. The first-order valence-corrected chi connectivity index (χ1v) is 7.92. The molecule has 1 unspecified atom stereocenters. The Labute approximate surface area is 114 Å². The predicted molar refractivity (Wildman–Crippen MR) is 73.3 cm³/mol. The number of carboxylic acids is 1. The highest BCUT2D eigenvalue weighted by Crippen LogP contribution is 2.35. The van der Waals surface area contributed by atoms with Crippen molar-refractivity contribution in [1.29, 1.82) is 0 Å². The molecule has 5 nitrogen and oxygen atoms in total. The van der Waals surface area contributed by atoms with Crippen molar-refractivity contribution in [1.82, 2.24) is 10.2 Å². The molecule has 1 aromatic rings. The van der Waals surface area contributed by atoms with E-state index in [2.05, 4.69) is 22.4 Å². The Morgan fingerprint density at radius 1 is 1.61 bits per heavy atom. The molecule has 18 heavy (non-hydrogen) atoms. The minimum absolute atomic E-state index is 0.0356. The Morgan fingerprint density at radius 3 is 3.00 bits per heavy atom. The average Bonchev–Trinajstić information content (AvgIpc) is 3.04. The van der Waals surface area contributed by atoms with E-state index in [1.165, 1.54) is 42.4 Å². The first-order valence-electron chi connectivity index (χ1n) is 6.12. The van der Waals surface area contributed by atoms with Crippen molar-refractivity contribution >= 4 is 34.2 Å². The molecule has 1 saturated carbocycles. The zero-order valence-corrected chi connectivity index (χ0v) is 11.9. The van der Waals surface area contributed by atoms with E-state index in [1.807, 2.05) is 0 Å². The van der Waals surface area contributed by atoms with Crippen molar-refractivity contribution in [2.75, 3.05) is 11.1 Å². The smallest absolute Gasteiger partial charge is 0.313 e. The number of aromatic nitrogens is 2. The summed E-state index contributed by atoms with van der Waals surface area (Å²) >= 11 is 2.65. The minimum atomic E-state index is -0.829. The van der Waals surface area contributed by atoms with E-state index in [1.54, 1.807) is 0 Å². The van der Waals surface area contributed by atoms with Crippen molar-refractivity contribution in [3.8, 4) is 0 Å². The number of rotatable bonds is 8. The minimum Gasteiger partial charge on any atom is -0.481 e. The van der Waals surface area contributed by atoms with Gasteiger partial charge in [0, 0.05) is 6.04 Å². The van der Waals surface area contributed by atoms with Gasteiger partial charge in [-0.2, -0.15) is 0 Å². The van der Waals surface area contributed by atoms with Crippen molar-refractivity contribution < 1.29 is 9.90 Å². The molecular weight excluding hydrogens is 270 g/mol. The van der Waals surface area contributed by atoms with Crippen molar-refractivity contribution in [3.05, 3.63) is 0 Å². The van der Waals surface area contributed by atoms with Gasteiger partial charge in [0.05, 0.1) is 5.75 Å². The molecule has 1 fully saturated rings. The molecule has 1 aromatic heterocycles. The number of anilines is 1. The molecule has 1 aliphatic carbocycles. The Morgan fingerprint density at radius 2 is 2.39 bits per heavy atom. The number of hydrogen-bond acceptors (Lipinski definition) is 6. The summed E-state index contributed by atoms with van der Waals surface area (Å²) < 4.78 is 0.709. The molecule has 0 amide bonds. The van der Waals surface area contributed by atoms with E-state index in [-0.39, 0.29) is 5.75 Å². The second kappa shape index (κ2) is 6.38. The summed E-state index contributed by atoms with van der Waals surface area (Å²) in [5.74, 6) is 0.0922. The summed E-state index contributed by atoms with van der Waals surface area (Å²) in [5, 5.41) is 20.8. The van der Waals surface area contributed by atoms with E-state index < -0.39 is 5.97 Å². The number of aliphatic carboxylic acids is 1. The zero-order valence-electron chi connectivity index (χ0n) is 10.3. The summed E-state index contributed by atoms with van der Waals surface area (Å²) in [6.45, 7) is 2.17. The third kappa shape index (κ3) is 4.45. The Balaban J connectivity index is 1.82. The monoisotopic (exact) mass is 287 g/mol. The highest BCUT2D eigenvalue weighted by molar-refractivity contribution is 8.01. The SMILES string of the molecule is CCC(CC1CC1)Nc1nnc(SCC(=O)O)s1. The maximum atomic E-state index is 10.5. The fourth-order valence-corrected chi connectivity index (χ4v) is 3.26. The lowest BCUT2D eigenvalue weighted by Gasteiger charge is -2.14. The van der Waals surface area contributed by atoms with Gasteiger partial charge >= 0.3 is 5.97 Å². The Kier molecular flexibility index (Phi) is 4.82. The molecule has 2 N–H and O–H groups in total. The number of hydrogen-bond donors (Lipinski definition) is 2. The van der Waals surface area contributed by atoms with Gasteiger partial charge in [0.2, 0.25) is 5.13 Å². The third-order valence-electron chi connectivity index (χ3n) is 2.86. The summed E-state index contributed by atoms with van der Waals surface area (Å²) in [7, 11) is 0. The van der Waals surface area contributed by atoms with Gasteiger partial charge < -0.3 is 10.4 Å². The second-order valence-corrected chi connectivity index (χ2v) is 6.68. The fraction of sp³-hybridized carbons (Fsp3) is 0.727. The van der Waals surface area contributed by atoms with Gasteiger partial charge in [-0.05, 0) is 18.8 Å². The number of carboxylic acid groups (broad SMARTS) is 1. The van der Waals surface area contributed by atoms with Crippen LogP contribution in [0.2, 0.25) is 0 Å².